The maximum Gasteiger partial charge on any atom is 0.221 e. The molecule has 1 atom stereocenters. The van der Waals surface area contributed by atoms with Crippen LogP contribution in [0.4, 0.5) is 0 Å². The molecule has 1 heterocycles. The first-order valence-corrected chi connectivity index (χ1v) is 5.47. The van der Waals surface area contributed by atoms with Gasteiger partial charge in [0, 0.05) is 12.8 Å². The van der Waals surface area contributed by atoms with E-state index >= 15 is 0 Å². The number of nitrogens with zero attached hydrogens (tertiary/aromatic N) is 3. The molecule has 0 fully saturated rings. The fourth-order valence-electron chi connectivity index (χ4n) is 1.26. The Balaban J connectivity index is 2.42. The minimum absolute atomic E-state index is 0.144. The minimum Gasteiger partial charge on any atom is -0.340 e. The number of carbonyl (C=O) groups excluding carboxylic acids is 1. The van der Waals surface area contributed by atoms with E-state index in [0.717, 1.165) is 5.69 Å². The molecule has 1 aromatic rings. The molecule has 0 bridgehead atoms. The Bertz CT molecular complexity index is 398. The maximum atomic E-state index is 11.6. The Kier molecular flexibility index (Phi) is 4.21. The number of nitrogens with one attached hydrogen (secondary N) is 2. The predicted octanol–water partition coefficient (Wildman–Crippen LogP) is 0.792. The van der Waals surface area contributed by atoms with Crippen molar-refractivity contribution in [1.82, 2.24) is 20.7 Å². The van der Waals surface area contributed by atoms with Crippen LogP contribution in [0, 0.1) is 16.7 Å². The zero-order valence-corrected chi connectivity index (χ0v) is 10.3. The summed E-state index contributed by atoms with van der Waals surface area (Å²) in [5.41, 5.74) is 0.475. The number of aromatic nitrogens is 3. The standard InChI is InChI=1S/C11H17N5O/c1-11(2,3)9(6-12)14-10(17)5-4-8-7-13-16-15-8/h7,9H,4-5H2,1-3H3,(H,14,17)(H,13,15,16). The van der Waals surface area contributed by atoms with Crippen LogP contribution in [0.15, 0.2) is 6.20 Å². The molecule has 0 saturated heterocycles. The van der Waals surface area contributed by atoms with Gasteiger partial charge in [0.15, 0.2) is 0 Å². The minimum atomic E-state index is -0.479. The molecule has 1 unspecified atom stereocenters. The van der Waals surface area contributed by atoms with Crippen LogP contribution in [-0.4, -0.2) is 27.4 Å². The molecule has 0 aliphatic rings. The molecule has 2 N–H and O–H groups in total. The van der Waals surface area contributed by atoms with Gasteiger partial charge in [0.2, 0.25) is 5.91 Å². The van der Waals surface area contributed by atoms with Crippen LogP contribution in [0.3, 0.4) is 0 Å². The van der Waals surface area contributed by atoms with Gasteiger partial charge < -0.3 is 5.32 Å². The molecule has 0 aliphatic heterocycles. The van der Waals surface area contributed by atoms with Gasteiger partial charge in [-0.05, 0) is 5.41 Å². The summed E-state index contributed by atoms with van der Waals surface area (Å²) in [6.45, 7) is 5.75. The van der Waals surface area contributed by atoms with Gasteiger partial charge in [0.1, 0.15) is 6.04 Å². The smallest absolute Gasteiger partial charge is 0.221 e. The second-order valence-corrected chi connectivity index (χ2v) is 4.96. The lowest BCUT2D eigenvalue weighted by atomic mass is 9.87. The number of hydrogen-bond acceptors (Lipinski definition) is 4. The van der Waals surface area contributed by atoms with E-state index in [9.17, 15) is 4.79 Å². The van der Waals surface area contributed by atoms with E-state index in [-0.39, 0.29) is 11.3 Å². The molecule has 1 aromatic heterocycles. The molecule has 6 nitrogen and oxygen atoms in total. The highest BCUT2D eigenvalue weighted by molar-refractivity contribution is 5.76. The number of aromatic amines is 1. The number of hydrogen-bond donors (Lipinski definition) is 2. The first-order chi connectivity index (χ1) is 7.93. The molecule has 0 aromatic carbocycles. The molecule has 17 heavy (non-hydrogen) atoms. The highest BCUT2D eigenvalue weighted by Gasteiger charge is 2.25. The molecule has 0 saturated carbocycles. The number of nitriles is 1. The zero-order chi connectivity index (χ0) is 12.9. The molecule has 0 radical (unpaired) electrons. The average Bonchev–Trinajstić information content (AvgIpc) is 2.74. The Labute approximate surface area is 100 Å². The lowest BCUT2D eigenvalue weighted by molar-refractivity contribution is -0.122. The molecule has 0 spiro atoms. The molecular weight excluding hydrogens is 218 g/mol. The molecule has 1 rings (SSSR count). The third-order valence-electron chi connectivity index (χ3n) is 2.37. The summed E-state index contributed by atoms with van der Waals surface area (Å²) >= 11 is 0. The third kappa shape index (κ3) is 4.23. The first kappa shape index (κ1) is 13.2. The Hall–Kier alpha value is -1.90. The van der Waals surface area contributed by atoms with Crippen molar-refractivity contribution in [2.45, 2.75) is 39.7 Å². The van der Waals surface area contributed by atoms with Gasteiger partial charge in [-0.2, -0.15) is 20.7 Å². The van der Waals surface area contributed by atoms with Crippen LogP contribution in [0.5, 0.6) is 0 Å². The van der Waals surface area contributed by atoms with Crippen molar-refractivity contribution in [3.8, 4) is 6.07 Å². The monoisotopic (exact) mass is 235 g/mol. The van der Waals surface area contributed by atoms with E-state index in [1.807, 2.05) is 20.8 Å². The summed E-state index contributed by atoms with van der Waals surface area (Å²) < 4.78 is 0. The van der Waals surface area contributed by atoms with Crippen LogP contribution < -0.4 is 5.32 Å². The van der Waals surface area contributed by atoms with Crippen molar-refractivity contribution in [1.29, 1.82) is 5.26 Å². The van der Waals surface area contributed by atoms with E-state index in [1.54, 1.807) is 6.20 Å². The number of aryl methyl sites for hydroxylation is 1. The Morgan fingerprint density at radius 2 is 2.35 bits per heavy atom. The summed E-state index contributed by atoms with van der Waals surface area (Å²) in [5, 5.41) is 21.7. The van der Waals surface area contributed by atoms with Gasteiger partial charge in [-0.15, -0.1) is 0 Å². The fourth-order valence-corrected chi connectivity index (χ4v) is 1.26. The van der Waals surface area contributed by atoms with Crippen molar-refractivity contribution in [2.75, 3.05) is 0 Å². The van der Waals surface area contributed by atoms with Crippen LogP contribution in [0.1, 0.15) is 32.9 Å². The Morgan fingerprint density at radius 3 is 2.82 bits per heavy atom. The summed E-state index contributed by atoms with van der Waals surface area (Å²) in [6, 6.07) is 1.62. The zero-order valence-electron chi connectivity index (χ0n) is 10.3. The van der Waals surface area contributed by atoms with Gasteiger partial charge in [-0.3, -0.25) is 4.79 Å². The lowest BCUT2D eigenvalue weighted by Crippen LogP contribution is -2.42. The topological polar surface area (TPSA) is 94.5 Å². The largest absolute Gasteiger partial charge is 0.340 e. The van der Waals surface area contributed by atoms with Gasteiger partial charge in [-0.25, -0.2) is 0 Å². The second kappa shape index (κ2) is 5.43. The number of H-pyrrole nitrogens is 1. The van der Waals surface area contributed by atoms with Gasteiger partial charge in [0.25, 0.3) is 0 Å². The lowest BCUT2D eigenvalue weighted by Gasteiger charge is -2.25. The van der Waals surface area contributed by atoms with Crippen LogP contribution in [-0.2, 0) is 11.2 Å². The number of rotatable bonds is 4. The number of amides is 1. The number of carbonyl (C=O) groups is 1. The fraction of sp³-hybridized carbons (Fsp3) is 0.636. The van der Waals surface area contributed by atoms with Crippen molar-refractivity contribution in [2.24, 2.45) is 5.41 Å². The summed E-state index contributed by atoms with van der Waals surface area (Å²) in [5.74, 6) is -0.144. The van der Waals surface area contributed by atoms with Crippen molar-refractivity contribution >= 4 is 5.91 Å². The summed E-state index contributed by atoms with van der Waals surface area (Å²) in [7, 11) is 0. The van der Waals surface area contributed by atoms with Crippen molar-refractivity contribution in [3.63, 3.8) is 0 Å². The van der Waals surface area contributed by atoms with Crippen LogP contribution >= 0.6 is 0 Å². The molecule has 1 amide bonds. The molecule has 0 aliphatic carbocycles. The van der Waals surface area contributed by atoms with Gasteiger partial charge in [0.05, 0.1) is 18.0 Å². The summed E-state index contributed by atoms with van der Waals surface area (Å²) in [4.78, 5) is 11.6. The van der Waals surface area contributed by atoms with Gasteiger partial charge >= 0.3 is 0 Å². The molecular formula is C11H17N5O. The average molecular weight is 235 g/mol. The SMILES string of the molecule is CC(C)(C)C(C#N)NC(=O)CCc1cn[nH]n1. The summed E-state index contributed by atoms with van der Waals surface area (Å²) in [6.07, 6.45) is 2.41. The van der Waals surface area contributed by atoms with E-state index in [1.165, 1.54) is 0 Å². The normalized spacial score (nSPS) is 12.8. The quantitative estimate of drug-likeness (QED) is 0.806. The van der Waals surface area contributed by atoms with E-state index in [0.29, 0.717) is 12.8 Å². The van der Waals surface area contributed by atoms with Gasteiger partial charge in [-0.1, -0.05) is 20.8 Å². The molecule has 6 heteroatoms. The maximum absolute atomic E-state index is 11.6. The van der Waals surface area contributed by atoms with E-state index in [2.05, 4.69) is 26.8 Å². The van der Waals surface area contributed by atoms with E-state index < -0.39 is 6.04 Å². The second-order valence-electron chi connectivity index (χ2n) is 4.96. The van der Waals surface area contributed by atoms with Crippen molar-refractivity contribution < 1.29 is 4.79 Å². The van der Waals surface area contributed by atoms with Crippen LogP contribution in [0.2, 0.25) is 0 Å². The van der Waals surface area contributed by atoms with E-state index in [4.69, 9.17) is 5.26 Å². The highest BCUT2D eigenvalue weighted by atomic mass is 16.1. The van der Waals surface area contributed by atoms with Crippen LogP contribution in [0.25, 0.3) is 0 Å². The highest BCUT2D eigenvalue weighted by Crippen LogP contribution is 2.18. The molecule has 92 valence electrons. The third-order valence-corrected chi connectivity index (χ3v) is 2.37. The first-order valence-electron chi connectivity index (χ1n) is 5.47. The van der Waals surface area contributed by atoms with Crippen molar-refractivity contribution in [3.05, 3.63) is 11.9 Å². The predicted molar refractivity (Wildman–Crippen MR) is 61.7 cm³/mol. The Morgan fingerprint density at radius 1 is 1.65 bits per heavy atom.